The maximum atomic E-state index is 6.25. The molecular formula is C15H23Cl2NS. The lowest BCUT2D eigenvalue weighted by Crippen LogP contribution is -2.34. The van der Waals surface area contributed by atoms with Gasteiger partial charge in [-0.1, -0.05) is 50.0 Å². The van der Waals surface area contributed by atoms with Crippen molar-refractivity contribution in [2.24, 2.45) is 0 Å². The topological polar surface area (TPSA) is 12.0 Å². The molecule has 1 rings (SSSR count). The fourth-order valence-corrected chi connectivity index (χ4v) is 3.23. The lowest BCUT2D eigenvalue weighted by atomic mass is 10.1. The van der Waals surface area contributed by atoms with Crippen LogP contribution in [0.25, 0.3) is 0 Å². The second-order valence-corrected chi connectivity index (χ2v) is 7.36. The molecule has 4 heteroatoms. The summed E-state index contributed by atoms with van der Waals surface area (Å²) in [6.45, 7) is 7.67. The van der Waals surface area contributed by atoms with Crippen LogP contribution in [0.5, 0.6) is 0 Å². The third-order valence-corrected chi connectivity index (χ3v) is 4.80. The minimum atomic E-state index is 0.421. The first kappa shape index (κ1) is 17.2. The zero-order valence-corrected chi connectivity index (χ0v) is 14.2. The molecule has 0 fully saturated rings. The van der Waals surface area contributed by atoms with Gasteiger partial charge in [0.15, 0.2) is 0 Å². The third-order valence-electron chi connectivity index (χ3n) is 2.83. The van der Waals surface area contributed by atoms with Crippen LogP contribution < -0.4 is 5.32 Å². The Morgan fingerprint density at radius 3 is 2.37 bits per heavy atom. The van der Waals surface area contributed by atoms with Crippen molar-refractivity contribution in [3.8, 4) is 0 Å². The van der Waals surface area contributed by atoms with E-state index in [4.69, 9.17) is 23.2 Å². The molecule has 1 unspecified atom stereocenters. The molecule has 0 amide bonds. The number of benzene rings is 1. The van der Waals surface area contributed by atoms with Crippen molar-refractivity contribution in [3.63, 3.8) is 0 Å². The second-order valence-electron chi connectivity index (χ2n) is 4.94. The van der Waals surface area contributed by atoms with Crippen molar-refractivity contribution in [2.45, 2.75) is 44.9 Å². The summed E-state index contributed by atoms with van der Waals surface area (Å²) in [4.78, 5) is 0. The van der Waals surface area contributed by atoms with E-state index >= 15 is 0 Å². The van der Waals surface area contributed by atoms with Crippen molar-refractivity contribution in [2.75, 3.05) is 12.3 Å². The smallest absolute Gasteiger partial charge is 0.0453 e. The first-order valence-electron chi connectivity index (χ1n) is 6.82. The molecule has 1 aromatic carbocycles. The molecular weight excluding hydrogens is 297 g/mol. The SMILES string of the molecule is CCCNC(CSC(C)C)Cc1c(Cl)cccc1Cl. The van der Waals surface area contributed by atoms with E-state index in [0.29, 0.717) is 11.3 Å². The van der Waals surface area contributed by atoms with E-state index in [2.05, 4.69) is 26.1 Å². The van der Waals surface area contributed by atoms with Crippen LogP contribution >= 0.6 is 35.0 Å². The van der Waals surface area contributed by atoms with E-state index in [0.717, 1.165) is 40.7 Å². The van der Waals surface area contributed by atoms with Gasteiger partial charge >= 0.3 is 0 Å². The first-order chi connectivity index (χ1) is 9.04. The van der Waals surface area contributed by atoms with Crippen LogP contribution in [0.15, 0.2) is 18.2 Å². The molecule has 108 valence electrons. The van der Waals surface area contributed by atoms with E-state index in [1.165, 1.54) is 0 Å². The molecule has 19 heavy (non-hydrogen) atoms. The summed E-state index contributed by atoms with van der Waals surface area (Å²) in [5.41, 5.74) is 1.06. The third kappa shape index (κ3) is 6.40. The van der Waals surface area contributed by atoms with Gasteiger partial charge in [-0.3, -0.25) is 0 Å². The van der Waals surface area contributed by atoms with E-state index in [1.54, 1.807) is 0 Å². The average Bonchev–Trinajstić information content (AvgIpc) is 2.36. The molecule has 0 aromatic heterocycles. The molecule has 0 bridgehead atoms. The molecule has 0 heterocycles. The molecule has 1 atom stereocenters. The molecule has 0 aliphatic rings. The Bertz CT molecular complexity index is 362. The summed E-state index contributed by atoms with van der Waals surface area (Å²) in [6.07, 6.45) is 2.03. The van der Waals surface area contributed by atoms with Crippen molar-refractivity contribution >= 4 is 35.0 Å². The van der Waals surface area contributed by atoms with E-state index in [9.17, 15) is 0 Å². The van der Waals surface area contributed by atoms with Crippen LogP contribution in [0, 0.1) is 0 Å². The van der Waals surface area contributed by atoms with Gasteiger partial charge in [0.2, 0.25) is 0 Å². The van der Waals surface area contributed by atoms with Crippen LogP contribution in [0.2, 0.25) is 10.0 Å². The molecule has 0 aliphatic carbocycles. The van der Waals surface area contributed by atoms with Gasteiger partial charge in [0.1, 0.15) is 0 Å². The molecule has 1 N–H and O–H groups in total. The Morgan fingerprint density at radius 1 is 1.21 bits per heavy atom. The number of thioether (sulfide) groups is 1. The van der Waals surface area contributed by atoms with Gasteiger partial charge in [0.25, 0.3) is 0 Å². The first-order valence-corrected chi connectivity index (χ1v) is 8.63. The van der Waals surface area contributed by atoms with Crippen LogP contribution in [-0.4, -0.2) is 23.6 Å². The summed E-state index contributed by atoms with van der Waals surface area (Å²) in [7, 11) is 0. The summed E-state index contributed by atoms with van der Waals surface area (Å²) in [6, 6.07) is 6.14. The standard InChI is InChI=1S/C15H23Cl2NS/c1-4-8-18-12(10-19-11(2)3)9-13-14(16)6-5-7-15(13)17/h5-7,11-12,18H,4,8-10H2,1-3H3. The van der Waals surface area contributed by atoms with Gasteiger partial charge in [-0.2, -0.15) is 11.8 Å². The Kier molecular flexibility index (Phi) is 8.24. The maximum absolute atomic E-state index is 6.25. The lowest BCUT2D eigenvalue weighted by molar-refractivity contribution is 0.550. The molecule has 0 saturated carbocycles. The summed E-state index contributed by atoms with van der Waals surface area (Å²) in [5, 5.41) is 5.77. The van der Waals surface area contributed by atoms with Crippen molar-refractivity contribution in [1.29, 1.82) is 0 Å². The van der Waals surface area contributed by atoms with Gasteiger partial charge in [0.05, 0.1) is 0 Å². The van der Waals surface area contributed by atoms with Crippen molar-refractivity contribution < 1.29 is 0 Å². The zero-order chi connectivity index (χ0) is 14.3. The monoisotopic (exact) mass is 319 g/mol. The van der Waals surface area contributed by atoms with Crippen LogP contribution in [0.3, 0.4) is 0 Å². The predicted octanol–water partition coefficient (Wildman–Crippen LogP) is 5.05. The average molecular weight is 320 g/mol. The van der Waals surface area contributed by atoms with Gasteiger partial charge in [-0.15, -0.1) is 0 Å². The molecule has 0 spiro atoms. The molecule has 0 radical (unpaired) electrons. The second kappa shape index (κ2) is 9.12. The minimum Gasteiger partial charge on any atom is -0.313 e. The Hall–Kier alpha value is 0.110. The highest BCUT2D eigenvalue weighted by atomic mass is 35.5. The van der Waals surface area contributed by atoms with E-state index in [1.807, 2.05) is 30.0 Å². The minimum absolute atomic E-state index is 0.421. The predicted molar refractivity (Wildman–Crippen MR) is 89.8 cm³/mol. The number of rotatable bonds is 8. The van der Waals surface area contributed by atoms with Gasteiger partial charge in [0, 0.05) is 21.8 Å². The van der Waals surface area contributed by atoms with Crippen molar-refractivity contribution in [1.82, 2.24) is 5.32 Å². The van der Waals surface area contributed by atoms with E-state index in [-0.39, 0.29) is 0 Å². The fraction of sp³-hybridized carbons (Fsp3) is 0.600. The Morgan fingerprint density at radius 2 is 1.84 bits per heavy atom. The quantitative estimate of drug-likeness (QED) is 0.720. The summed E-state index contributed by atoms with van der Waals surface area (Å²) in [5.74, 6) is 1.08. The van der Waals surface area contributed by atoms with Gasteiger partial charge < -0.3 is 5.32 Å². The maximum Gasteiger partial charge on any atom is 0.0453 e. The highest BCUT2D eigenvalue weighted by Crippen LogP contribution is 2.26. The Balaban J connectivity index is 2.69. The van der Waals surface area contributed by atoms with E-state index < -0.39 is 0 Å². The molecule has 1 nitrogen and oxygen atoms in total. The van der Waals surface area contributed by atoms with Crippen LogP contribution in [0.4, 0.5) is 0 Å². The zero-order valence-electron chi connectivity index (χ0n) is 11.9. The number of hydrogen-bond acceptors (Lipinski definition) is 2. The summed E-state index contributed by atoms with van der Waals surface area (Å²) < 4.78 is 0. The highest BCUT2D eigenvalue weighted by Gasteiger charge is 2.14. The van der Waals surface area contributed by atoms with Crippen LogP contribution in [-0.2, 0) is 6.42 Å². The fourth-order valence-electron chi connectivity index (χ4n) is 1.82. The number of halogens is 2. The number of nitrogens with one attached hydrogen (secondary N) is 1. The number of hydrogen-bond donors (Lipinski definition) is 1. The van der Waals surface area contributed by atoms with Crippen molar-refractivity contribution in [3.05, 3.63) is 33.8 Å². The molecule has 0 aliphatic heterocycles. The molecule has 1 aromatic rings. The normalized spacial score (nSPS) is 12.9. The van der Waals surface area contributed by atoms with Crippen LogP contribution in [0.1, 0.15) is 32.8 Å². The van der Waals surface area contributed by atoms with Gasteiger partial charge in [-0.05, 0) is 42.3 Å². The largest absolute Gasteiger partial charge is 0.313 e. The lowest BCUT2D eigenvalue weighted by Gasteiger charge is -2.20. The Labute approximate surface area is 131 Å². The molecule has 0 saturated heterocycles. The van der Waals surface area contributed by atoms with Gasteiger partial charge in [-0.25, -0.2) is 0 Å². The highest BCUT2D eigenvalue weighted by molar-refractivity contribution is 7.99. The summed E-state index contributed by atoms with van der Waals surface area (Å²) >= 11 is 14.5.